The molecule has 0 aromatic heterocycles. The summed E-state index contributed by atoms with van der Waals surface area (Å²) < 4.78 is 0. The zero-order valence-corrected chi connectivity index (χ0v) is 5.22. The highest BCUT2D eigenvalue weighted by Crippen LogP contribution is 1.93. The van der Waals surface area contributed by atoms with Crippen LogP contribution in [0.3, 0.4) is 0 Å². The molecule has 0 aliphatic heterocycles. The molecule has 0 spiro atoms. The Labute approximate surface area is 54.2 Å². The van der Waals surface area contributed by atoms with Crippen LogP contribution >= 0.6 is 0 Å². The SMILES string of the molecule is C#CC(=CCC)C(=O)O. The van der Waals surface area contributed by atoms with Crippen molar-refractivity contribution in [2.24, 2.45) is 0 Å². The molecule has 0 amide bonds. The number of hydrogen-bond acceptors (Lipinski definition) is 1. The van der Waals surface area contributed by atoms with Gasteiger partial charge in [0.15, 0.2) is 0 Å². The van der Waals surface area contributed by atoms with Crippen LogP contribution in [0.5, 0.6) is 0 Å². The van der Waals surface area contributed by atoms with Gasteiger partial charge in [0, 0.05) is 0 Å². The molecule has 0 fully saturated rings. The van der Waals surface area contributed by atoms with Gasteiger partial charge >= 0.3 is 5.97 Å². The Morgan fingerprint density at radius 1 is 1.89 bits per heavy atom. The van der Waals surface area contributed by atoms with Crippen molar-refractivity contribution >= 4 is 5.97 Å². The molecule has 2 heteroatoms. The zero-order chi connectivity index (χ0) is 7.28. The molecule has 0 atom stereocenters. The Morgan fingerprint density at radius 2 is 2.44 bits per heavy atom. The monoisotopic (exact) mass is 124 g/mol. The summed E-state index contributed by atoms with van der Waals surface area (Å²) in [7, 11) is 0. The van der Waals surface area contributed by atoms with E-state index in [9.17, 15) is 4.79 Å². The van der Waals surface area contributed by atoms with Crippen LogP contribution in [0.4, 0.5) is 0 Å². The van der Waals surface area contributed by atoms with Gasteiger partial charge in [0.25, 0.3) is 0 Å². The van der Waals surface area contributed by atoms with Gasteiger partial charge in [-0.05, 0) is 6.42 Å². The van der Waals surface area contributed by atoms with Crippen molar-refractivity contribution in [2.45, 2.75) is 13.3 Å². The molecule has 0 saturated heterocycles. The fourth-order valence-electron chi connectivity index (χ4n) is 0.412. The Hall–Kier alpha value is -1.23. The summed E-state index contributed by atoms with van der Waals surface area (Å²) in [5.41, 5.74) is 0.0394. The quantitative estimate of drug-likeness (QED) is 0.441. The Kier molecular flexibility index (Phi) is 3.22. The van der Waals surface area contributed by atoms with Gasteiger partial charge in [-0.25, -0.2) is 4.79 Å². The fourth-order valence-corrected chi connectivity index (χ4v) is 0.412. The van der Waals surface area contributed by atoms with Crippen LogP contribution in [0.25, 0.3) is 0 Å². The van der Waals surface area contributed by atoms with Crippen LogP contribution in [0.2, 0.25) is 0 Å². The van der Waals surface area contributed by atoms with Crippen LogP contribution in [-0.4, -0.2) is 11.1 Å². The smallest absolute Gasteiger partial charge is 0.343 e. The molecule has 0 saturated carbocycles. The van der Waals surface area contributed by atoms with E-state index in [1.54, 1.807) is 0 Å². The van der Waals surface area contributed by atoms with Crippen molar-refractivity contribution in [3.05, 3.63) is 11.6 Å². The molecule has 0 bridgehead atoms. The van der Waals surface area contributed by atoms with Gasteiger partial charge in [-0.1, -0.05) is 18.9 Å². The first-order valence-electron chi connectivity index (χ1n) is 2.62. The molecule has 0 aliphatic carbocycles. The number of rotatable bonds is 2. The van der Waals surface area contributed by atoms with Crippen molar-refractivity contribution in [1.29, 1.82) is 0 Å². The van der Waals surface area contributed by atoms with E-state index in [4.69, 9.17) is 11.5 Å². The van der Waals surface area contributed by atoms with Crippen LogP contribution in [0.15, 0.2) is 11.6 Å². The van der Waals surface area contributed by atoms with Crippen molar-refractivity contribution in [1.82, 2.24) is 0 Å². The van der Waals surface area contributed by atoms with Crippen LogP contribution in [-0.2, 0) is 4.79 Å². The number of carbonyl (C=O) groups is 1. The van der Waals surface area contributed by atoms with E-state index in [0.29, 0.717) is 6.42 Å². The summed E-state index contributed by atoms with van der Waals surface area (Å²) in [6.07, 6.45) is 7.02. The van der Waals surface area contributed by atoms with E-state index >= 15 is 0 Å². The van der Waals surface area contributed by atoms with Crippen molar-refractivity contribution in [3.8, 4) is 12.3 Å². The average Bonchev–Trinajstić information content (AvgIpc) is 1.82. The van der Waals surface area contributed by atoms with E-state index in [2.05, 4.69) is 5.92 Å². The summed E-state index contributed by atoms with van der Waals surface area (Å²) >= 11 is 0. The normalized spacial score (nSPS) is 10.4. The van der Waals surface area contributed by atoms with Crippen LogP contribution in [0, 0.1) is 12.3 Å². The molecule has 1 N–H and O–H groups in total. The highest BCUT2D eigenvalue weighted by atomic mass is 16.4. The Balaban J connectivity index is 4.20. The topological polar surface area (TPSA) is 37.3 Å². The lowest BCUT2D eigenvalue weighted by Gasteiger charge is -1.86. The van der Waals surface area contributed by atoms with Crippen LogP contribution in [0.1, 0.15) is 13.3 Å². The molecule has 9 heavy (non-hydrogen) atoms. The third-order valence-electron chi connectivity index (χ3n) is 0.794. The maximum Gasteiger partial charge on any atom is 0.343 e. The molecule has 0 aromatic carbocycles. The fraction of sp³-hybridized carbons (Fsp3) is 0.286. The molecule has 0 unspecified atom stereocenters. The number of allylic oxidation sites excluding steroid dienone is 1. The molecule has 0 aliphatic rings. The molecular formula is C7H8O2. The highest BCUT2D eigenvalue weighted by Gasteiger charge is 1.99. The Morgan fingerprint density at radius 3 is 2.56 bits per heavy atom. The summed E-state index contributed by atoms with van der Waals surface area (Å²) in [5, 5.41) is 8.29. The van der Waals surface area contributed by atoms with Crippen molar-refractivity contribution in [3.63, 3.8) is 0 Å². The third kappa shape index (κ3) is 2.55. The van der Waals surface area contributed by atoms with Gasteiger partial charge in [-0.3, -0.25) is 0 Å². The van der Waals surface area contributed by atoms with E-state index in [1.807, 2.05) is 6.92 Å². The van der Waals surface area contributed by atoms with Gasteiger partial charge in [-0.2, -0.15) is 0 Å². The first-order valence-corrected chi connectivity index (χ1v) is 2.62. The zero-order valence-electron chi connectivity index (χ0n) is 5.22. The molecule has 0 heterocycles. The van der Waals surface area contributed by atoms with Crippen molar-refractivity contribution < 1.29 is 9.90 Å². The highest BCUT2D eigenvalue weighted by molar-refractivity contribution is 5.91. The number of aliphatic carboxylic acids is 1. The maximum atomic E-state index is 10.1. The standard InChI is InChI=1S/C7H8O2/c1-3-5-6(4-2)7(8)9/h2,5H,3H2,1H3,(H,8,9). The van der Waals surface area contributed by atoms with Gasteiger partial charge in [0.05, 0.1) is 0 Å². The summed E-state index contributed by atoms with van der Waals surface area (Å²) in [4.78, 5) is 10.1. The molecule has 0 aromatic rings. The average molecular weight is 124 g/mol. The second-order valence-electron chi connectivity index (χ2n) is 1.48. The first-order chi connectivity index (χ1) is 4.22. The largest absolute Gasteiger partial charge is 0.477 e. The second kappa shape index (κ2) is 3.73. The summed E-state index contributed by atoms with van der Waals surface area (Å²) in [5.74, 6) is 1.04. The number of carboxylic acids is 1. The van der Waals surface area contributed by atoms with Gasteiger partial charge < -0.3 is 5.11 Å². The van der Waals surface area contributed by atoms with Gasteiger partial charge in [0.2, 0.25) is 0 Å². The lowest BCUT2D eigenvalue weighted by atomic mass is 10.2. The third-order valence-corrected chi connectivity index (χ3v) is 0.794. The van der Waals surface area contributed by atoms with E-state index < -0.39 is 5.97 Å². The number of hydrogen-bond donors (Lipinski definition) is 1. The van der Waals surface area contributed by atoms with E-state index in [-0.39, 0.29) is 5.57 Å². The first kappa shape index (κ1) is 7.77. The van der Waals surface area contributed by atoms with E-state index in [1.165, 1.54) is 6.08 Å². The lowest BCUT2D eigenvalue weighted by Crippen LogP contribution is -1.96. The predicted molar refractivity (Wildman–Crippen MR) is 34.8 cm³/mol. The second-order valence-corrected chi connectivity index (χ2v) is 1.48. The van der Waals surface area contributed by atoms with Crippen molar-refractivity contribution in [2.75, 3.05) is 0 Å². The minimum atomic E-state index is -1.03. The van der Waals surface area contributed by atoms with Gasteiger partial charge in [-0.15, -0.1) is 6.42 Å². The molecule has 0 rings (SSSR count). The molecular weight excluding hydrogens is 116 g/mol. The summed E-state index contributed by atoms with van der Waals surface area (Å²) in [6, 6.07) is 0. The minimum Gasteiger partial charge on any atom is -0.477 e. The predicted octanol–water partition coefficient (Wildman–Crippen LogP) is 1.04. The van der Waals surface area contributed by atoms with Gasteiger partial charge in [0.1, 0.15) is 5.57 Å². The maximum absolute atomic E-state index is 10.1. The Bertz CT molecular complexity index is 172. The van der Waals surface area contributed by atoms with E-state index in [0.717, 1.165) is 0 Å². The minimum absolute atomic E-state index is 0.0394. The lowest BCUT2D eigenvalue weighted by molar-refractivity contribution is -0.132. The molecule has 0 radical (unpaired) electrons. The molecule has 2 nitrogen and oxygen atoms in total. The number of carboxylic acid groups (broad SMARTS) is 1. The summed E-state index contributed by atoms with van der Waals surface area (Å²) in [6.45, 7) is 1.83. The van der Waals surface area contributed by atoms with Crippen LogP contribution < -0.4 is 0 Å². The molecule has 48 valence electrons. The number of terminal acetylenes is 1.